The van der Waals surface area contributed by atoms with E-state index in [4.69, 9.17) is 0 Å². The topological polar surface area (TPSA) is 83.6 Å². The van der Waals surface area contributed by atoms with E-state index >= 15 is 0 Å². The monoisotopic (exact) mass is 312 g/mol. The molecule has 0 aliphatic rings. The second-order valence-electron chi connectivity index (χ2n) is 4.58. The minimum Gasteiger partial charge on any atom is -0.343 e. The van der Waals surface area contributed by atoms with Crippen LogP contribution in [0, 0.1) is 6.92 Å². The van der Waals surface area contributed by atoms with E-state index in [1.807, 2.05) is 11.6 Å². The maximum Gasteiger partial charge on any atom is 0.264 e. The summed E-state index contributed by atoms with van der Waals surface area (Å²) in [6.07, 6.45) is -0.479. The molecule has 0 spiro atoms. The molecule has 0 fully saturated rings. The molecular formula is C14H20N2O4S. The molecule has 0 aromatic heterocycles. The fraction of sp³-hybridized carbons (Fsp3) is 0.429. The molecule has 1 N–H and O–H groups in total. The molecule has 1 rings (SSSR count). The Morgan fingerprint density at radius 1 is 1.10 bits per heavy atom. The van der Waals surface area contributed by atoms with Crippen LogP contribution in [-0.2, 0) is 19.6 Å². The van der Waals surface area contributed by atoms with Gasteiger partial charge in [-0.05, 0) is 32.9 Å². The van der Waals surface area contributed by atoms with Gasteiger partial charge in [0, 0.05) is 13.1 Å². The largest absolute Gasteiger partial charge is 0.343 e. The number of hydrogen-bond donors (Lipinski definition) is 1. The zero-order chi connectivity index (χ0) is 16.0. The quantitative estimate of drug-likeness (QED) is 0.796. The van der Waals surface area contributed by atoms with Gasteiger partial charge in [-0.25, -0.2) is 13.1 Å². The molecule has 21 heavy (non-hydrogen) atoms. The van der Waals surface area contributed by atoms with Crippen molar-refractivity contribution in [2.24, 2.45) is 0 Å². The third kappa shape index (κ3) is 4.86. The number of benzene rings is 1. The van der Waals surface area contributed by atoms with Crippen molar-refractivity contribution in [3.05, 3.63) is 29.8 Å². The highest BCUT2D eigenvalue weighted by atomic mass is 32.2. The maximum absolute atomic E-state index is 12.0. The first kappa shape index (κ1) is 17.2. The first-order valence-electron chi connectivity index (χ1n) is 6.70. The number of nitrogens with zero attached hydrogens (tertiary/aromatic N) is 1. The number of carbonyl (C=O) groups is 2. The van der Waals surface area contributed by atoms with Crippen molar-refractivity contribution < 1.29 is 18.0 Å². The number of sulfonamides is 1. The van der Waals surface area contributed by atoms with Crippen molar-refractivity contribution >= 4 is 21.8 Å². The Bertz CT molecular complexity index is 604. The normalized spacial score (nSPS) is 11.0. The molecule has 0 heterocycles. The number of rotatable bonds is 6. The van der Waals surface area contributed by atoms with Crippen molar-refractivity contribution in [3.8, 4) is 0 Å². The molecule has 1 aromatic carbocycles. The zero-order valence-electron chi connectivity index (χ0n) is 12.4. The van der Waals surface area contributed by atoms with Gasteiger partial charge in [0.15, 0.2) is 0 Å². The van der Waals surface area contributed by atoms with E-state index in [9.17, 15) is 18.0 Å². The minimum atomic E-state index is -3.93. The van der Waals surface area contributed by atoms with Crippen LogP contribution in [0.15, 0.2) is 29.2 Å². The van der Waals surface area contributed by atoms with Crippen LogP contribution in [0.3, 0.4) is 0 Å². The van der Waals surface area contributed by atoms with E-state index in [1.165, 1.54) is 17.0 Å². The van der Waals surface area contributed by atoms with Gasteiger partial charge < -0.3 is 4.90 Å². The lowest BCUT2D eigenvalue weighted by Crippen LogP contribution is -2.37. The number of aryl methyl sites for hydroxylation is 1. The van der Waals surface area contributed by atoms with Crippen molar-refractivity contribution in [3.63, 3.8) is 0 Å². The van der Waals surface area contributed by atoms with Gasteiger partial charge in [0.1, 0.15) is 6.42 Å². The Morgan fingerprint density at radius 2 is 1.62 bits per heavy atom. The van der Waals surface area contributed by atoms with Crippen LogP contribution < -0.4 is 4.72 Å². The van der Waals surface area contributed by atoms with E-state index in [1.54, 1.807) is 26.0 Å². The standard InChI is InChI=1S/C14H20N2O4S/c1-4-16(5-2)14(18)10-13(17)15-21(19,20)12-8-6-11(3)7-9-12/h6-9H,4-5,10H2,1-3H3,(H,15,17). The Morgan fingerprint density at radius 3 is 2.10 bits per heavy atom. The predicted molar refractivity (Wildman–Crippen MR) is 79.1 cm³/mol. The molecule has 0 unspecified atom stereocenters. The van der Waals surface area contributed by atoms with Gasteiger partial charge in [-0.15, -0.1) is 0 Å². The molecule has 0 aliphatic heterocycles. The zero-order valence-corrected chi connectivity index (χ0v) is 13.2. The van der Waals surface area contributed by atoms with E-state index in [0.717, 1.165) is 5.56 Å². The summed E-state index contributed by atoms with van der Waals surface area (Å²) in [4.78, 5) is 24.9. The summed E-state index contributed by atoms with van der Waals surface area (Å²) in [6.45, 7) is 6.38. The highest BCUT2D eigenvalue weighted by Crippen LogP contribution is 2.10. The number of nitrogens with one attached hydrogen (secondary N) is 1. The first-order valence-corrected chi connectivity index (χ1v) is 8.18. The molecule has 0 radical (unpaired) electrons. The fourth-order valence-corrected chi connectivity index (χ4v) is 2.77. The van der Waals surface area contributed by atoms with Crippen LogP contribution in [0.25, 0.3) is 0 Å². The lowest BCUT2D eigenvalue weighted by molar-refractivity contribution is -0.135. The summed E-state index contributed by atoms with van der Waals surface area (Å²) in [5.74, 6) is -1.22. The van der Waals surface area contributed by atoms with E-state index in [-0.39, 0.29) is 4.90 Å². The second-order valence-corrected chi connectivity index (χ2v) is 6.27. The third-order valence-electron chi connectivity index (χ3n) is 3.01. The summed E-state index contributed by atoms with van der Waals surface area (Å²) in [5.41, 5.74) is 0.914. The van der Waals surface area contributed by atoms with Crippen molar-refractivity contribution in [2.75, 3.05) is 13.1 Å². The molecule has 0 saturated heterocycles. The van der Waals surface area contributed by atoms with Crippen LogP contribution in [0.1, 0.15) is 25.8 Å². The third-order valence-corrected chi connectivity index (χ3v) is 4.40. The molecule has 0 saturated carbocycles. The number of amides is 2. The van der Waals surface area contributed by atoms with Crippen molar-refractivity contribution in [1.82, 2.24) is 9.62 Å². The molecule has 7 heteroatoms. The van der Waals surface area contributed by atoms with Crippen molar-refractivity contribution in [2.45, 2.75) is 32.1 Å². The van der Waals surface area contributed by atoms with Gasteiger partial charge in [0.05, 0.1) is 4.90 Å². The number of carbonyl (C=O) groups excluding carboxylic acids is 2. The summed E-state index contributed by atoms with van der Waals surface area (Å²) in [5, 5.41) is 0. The second kappa shape index (κ2) is 7.21. The summed E-state index contributed by atoms with van der Waals surface area (Å²) in [6, 6.07) is 6.11. The highest BCUT2D eigenvalue weighted by Gasteiger charge is 2.21. The van der Waals surface area contributed by atoms with E-state index in [2.05, 4.69) is 0 Å². The summed E-state index contributed by atoms with van der Waals surface area (Å²) in [7, 11) is -3.93. The molecule has 0 atom stereocenters. The number of hydrogen-bond acceptors (Lipinski definition) is 4. The van der Waals surface area contributed by atoms with Gasteiger partial charge >= 0.3 is 0 Å². The maximum atomic E-state index is 12.0. The lowest BCUT2D eigenvalue weighted by atomic mass is 10.2. The minimum absolute atomic E-state index is 0.00302. The Hall–Kier alpha value is -1.89. The molecule has 116 valence electrons. The van der Waals surface area contributed by atoms with Crippen LogP contribution in [0.4, 0.5) is 0 Å². The fourth-order valence-electron chi connectivity index (χ4n) is 1.79. The Labute approximate surface area is 125 Å². The first-order chi connectivity index (χ1) is 9.80. The molecular weight excluding hydrogens is 292 g/mol. The highest BCUT2D eigenvalue weighted by molar-refractivity contribution is 7.90. The van der Waals surface area contributed by atoms with Crippen molar-refractivity contribution in [1.29, 1.82) is 0 Å². The summed E-state index contributed by atoms with van der Waals surface area (Å²) < 4.78 is 25.9. The smallest absolute Gasteiger partial charge is 0.264 e. The Kier molecular flexibility index (Phi) is 5.90. The molecule has 1 aromatic rings. The van der Waals surface area contributed by atoms with Crippen LogP contribution in [0.2, 0.25) is 0 Å². The molecule has 2 amide bonds. The SMILES string of the molecule is CCN(CC)C(=O)CC(=O)NS(=O)(=O)c1ccc(C)cc1. The lowest BCUT2D eigenvalue weighted by Gasteiger charge is -2.18. The average molecular weight is 312 g/mol. The van der Waals surface area contributed by atoms with Crippen LogP contribution in [-0.4, -0.2) is 38.2 Å². The predicted octanol–water partition coefficient (Wildman–Crippen LogP) is 1.06. The molecule has 0 aliphatic carbocycles. The molecule has 0 bridgehead atoms. The van der Waals surface area contributed by atoms with Gasteiger partial charge in [0.2, 0.25) is 11.8 Å². The van der Waals surface area contributed by atoms with E-state index in [0.29, 0.717) is 13.1 Å². The van der Waals surface area contributed by atoms with E-state index < -0.39 is 28.3 Å². The van der Waals surface area contributed by atoms with Gasteiger partial charge in [-0.2, -0.15) is 0 Å². The summed E-state index contributed by atoms with van der Waals surface area (Å²) >= 11 is 0. The van der Waals surface area contributed by atoms with Gasteiger partial charge in [0.25, 0.3) is 10.0 Å². The average Bonchev–Trinajstić information content (AvgIpc) is 2.39. The van der Waals surface area contributed by atoms with Crippen LogP contribution >= 0.6 is 0 Å². The van der Waals surface area contributed by atoms with Gasteiger partial charge in [-0.3, -0.25) is 9.59 Å². The molecule has 6 nitrogen and oxygen atoms in total. The Balaban J connectivity index is 2.73. The van der Waals surface area contributed by atoms with Gasteiger partial charge in [-0.1, -0.05) is 17.7 Å². The van der Waals surface area contributed by atoms with Crippen LogP contribution in [0.5, 0.6) is 0 Å².